The quantitative estimate of drug-likeness (QED) is 0.622. The largest absolute Gasteiger partial charge is 0.381 e. The lowest BCUT2D eigenvalue weighted by Gasteiger charge is -2.40. The molecule has 7 heteroatoms. The van der Waals surface area contributed by atoms with Crippen molar-refractivity contribution in [2.75, 3.05) is 5.32 Å². The first kappa shape index (κ1) is 18.7. The van der Waals surface area contributed by atoms with Gasteiger partial charge in [0.15, 0.2) is 0 Å². The predicted molar refractivity (Wildman–Crippen MR) is 115 cm³/mol. The van der Waals surface area contributed by atoms with Gasteiger partial charge in [0.1, 0.15) is 5.65 Å². The Hall–Kier alpha value is -3.35. The van der Waals surface area contributed by atoms with Crippen molar-refractivity contribution in [2.45, 2.75) is 50.7 Å². The summed E-state index contributed by atoms with van der Waals surface area (Å²) in [6, 6.07) is 10.3. The third-order valence-corrected chi connectivity index (χ3v) is 6.47. The number of aromatic nitrogens is 2. The van der Waals surface area contributed by atoms with E-state index in [0.717, 1.165) is 53.5 Å². The summed E-state index contributed by atoms with van der Waals surface area (Å²) in [5.74, 6) is -0.376. The molecule has 0 radical (unpaired) electrons. The summed E-state index contributed by atoms with van der Waals surface area (Å²) in [6.07, 6.45) is 7.05. The average Bonchev–Trinajstić information content (AvgIpc) is 3.31. The number of nitrogens with two attached hydrogens (primary N) is 1. The molecule has 0 aliphatic carbocycles. The highest BCUT2D eigenvalue weighted by Crippen LogP contribution is 2.39. The van der Waals surface area contributed by atoms with Crippen molar-refractivity contribution in [1.82, 2.24) is 14.9 Å². The van der Waals surface area contributed by atoms with Gasteiger partial charge in [0, 0.05) is 41.5 Å². The van der Waals surface area contributed by atoms with E-state index in [2.05, 4.69) is 20.2 Å². The fraction of sp³-hybridized carbons (Fsp3) is 0.348. The van der Waals surface area contributed by atoms with Gasteiger partial charge in [-0.1, -0.05) is 17.7 Å². The van der Waals surface area contributed by atoms with E-state index in [4.69, 9.17) is 5.73 Å². The van der Waals surface area contributed by atoms with E-state index < -0.39 is 5.91 Å². The van der Waals surface area contributed by atoms with Crippen LogP contribution in [0.2, 0.25) is 0 Å². The molecule has 0 saturated carbocycles. The second-order valence-electron chi connectivity index (χ2n) is 8.43. The summed E-state index contributed by atoms with van der Waals surface area (Å²) in [5.41, 5.74) is 9.35. The minimum atomic E-state index is -0.497. The van der Waals surface area contributed by atoms with Gasteiger partial charge >= 0.3 is 0 Å². The molecule has 2 amide bonds. The molecule has 1 aromatic carbocycles. The first-order valence-electron chi connectivity index (χ1n) is 10.4. The van der Waals surface area contributed by atoms with E-state index in [0.29, 0.717) is 5.56 Å². The molecular weight excluding hydrogens is 378 g/mol. The number of hydrogen-bond acceptors (Lipinski definition) is 4. The van der Waals surface area contributed by atoms with Crippen LogP contribution in [0.5, 0.6) is 0 Å². The Balaban J connectivity index is 1.38. The van der Waals surface area contributed by atoms with E-state index in [-0.39, 0.29) is 24.0 Å². The van der Waals surface area contributed by atoms with Gasteiger partial charge in [-0.05, 0) is 50.8 Å². The molecule has 2 atom stereocenters. The summed E-state index contributed by atoms with van der Waals surface area (Å²) in [6.45, 7) is 2.02. The molecule has 4 heterocycles. The normalized spacial score (nSPS) is 23.0. The number of H-pyrrole nitrogens is 1. The van der Waals surface area contributed by atoms with E-state index in [1.807, 2.05) is 37.3 Å². The van der Waals surface area contributed by atoms with Gasteiger partial charge in [-0.15, -0.1) is 0 Å². The Kier molecular flexibility index (Phi) is 4.46. The number of pyridine rings is 1. The highest BCUT2D eigenvalue weighted by atomic mass is 16.2. The molecule has 2 aliphatic heterocycles. The van der Waals surface area contributed by atoms with Gasteiger partial charge in [-0.3, -0.25) is 9.59 Å². The topological polar surface area (TPSA) is 104 Å². The van der Waals surface area contributed by atoms with Crippen molar-refractivity contribution in [1.29, 1.82) is 0 Å². The monoisotopic (exact) mass is 403 g/mol. The van der Waals surface area contributed by atoms with E-state index >= 15 is 0 Å². The summed E-state index contributed by atoms with van der Waals surface area (Å²) >= 11 is 0. The standard InChI is InChI=1S/C23H25N5O2/c1-13-2-4-14(5-3-13)23(30)28-16-6-7-17(28)11-15(10-16)27-20-18-8-9-25-22(18)26-12-19(20)21(24)29/h2-5,8-9,12,15-17H,6-7,10-11H2,1H3,(H2,24,29)(H2,25,26,27)/t16-,17-/m0/s1. The molecule has 2 aliphatic rings. The maximum absolute atomic E-state index is 13.2. The van der Waals surface area contributed by atoms with Crippen molar-refractivity contribution in [3.05, 3.63) is 59.4 Å². The molecular formula is C23H25N5O2. The number of nitrogens with one attached hydrogen (secondary N) is 2. The Morgan fingerprint density at radius 3 is 2.50 bits per heavy atom. The van der Waals surface area contributed by atoms with Gasteiger partial charge in [-0.2, -0.15) is 0 Å². The summed E-state index contributed by atoms with van der Waals surface area (Å²) < 4.78 is 0. The van der Waals surface area contributed by atoms with Crippen molar-refractivity contribution in [3.63, 3.8) is 0 Å². The van der Waals surface area contributed by atoms with Crippen LogP contribution in [0.15, 0.2) is 42.7 Å². The molecule has 4 N–H and O–H groups in total. The number of anilines is 1. The van der Waals surface area contributed by atoms with Crippen LogP contribution < -0.4 is 11.1 Å². The Bertz CT molecular complexity index is 1110. The van der Waals surface area contributed by atoms with E-state index in [1.54, 1.807) is 6.20 Å². The van der Waals surface area contributed by atoms with Crippen LogP contribution in [0, 0.1) is 6.92 Å². The Labute approximate surface area is 174 Å². The number of aromatic amines is 1. The first-order valence-corrected chi connectivity index (χ1v) is 10.4. The van der Waals surface area contributed by atoms with Gasteiger partial charge < -0.3 is 20.9 Å². The number of carbonyl (C=O) groups excluding carboxylic acids is 2. The molecule has 154 valence electrons. The zero-order valence-electron chi connectivity index (χ0n) is 16.9. The summed E-state index contributed by atoms with van der Waals surface area (Å²) in [4.78, 5) is 34.6. The van der Waals surface area contributed by atoms with Crippen LogP contribution in [0.3, 0.4) is 0 Å². The number of rotatable bonds is 4. The lowest BCUT2D eigenvalue weighted by atomic mass is 9.95. The minimum Gasteiger partial charge on any atom is -0.381 e. The molecule has 2 fully saturated rings. The Morgan fingerprint density at radius 2 is 1.83 bits per heavy atom. The lowest BCUT2D eigenvalue weighted by Crippen LogP contribution is -2.49. The van der Waals surface area contributed by atoms with E-state index in [1.165, 1.54) is 6.20 Å². The average molecular weight is 403 g/mol. The van der Waals surface area contributed by atoms with Crippen LogP contribution in [0.4, 0.5) is 5.69 Å². The molecule has 5 rings (SSSR count). The fourth-order valence-electron chi connectivity index (χ4n) is 5.03. The number of piperidine rings is 1. The lowest BCUT2D eigenvalue weighted by molar-refractivity contribution is 0.0583. The van der Waals surface area contributed by atoms with Gasteiger partial charge in [0.05, 0.1) is 11.3 Å². The first-order chi connectivity index (χ1) is 14.5. The Morgan fingerprint density at radius 1 is 1.13 bits per heavy atom. The molecule has 30 heavy (non-hydrogen) atoms. The highest BCUT2D eigenvalue weighted by molar-refractivity contribution is 6.06. The number of benzene rings is 1. The smallest absolute Gasteiger partial charge is 0.254 e. The zero-order valence-corrected chi connectivity index (χ0v) is 16.9. The number of hydrogen-bond donors (Lipinski definition) is 3. The molecule has 2 saturated heterocycles. The van der Waals surface area contributed by atoms with Crippen molar-refractivity contribution >= 4 is 28.5 Å². The zero-order chi connectivity index (χ0) is 20.8. The molecule has 0 unspecified atom stereocenters. The number of aryl methyl sites for hydroxylation is 1. The van der Waals surface area contributed by atoms with Crippen LogP contribution in [0.1, 0.15) is 52.0 Å². The minimum absolute atomic E-state index is 0.121. The molecule has 0 spiro atoms. The molecule has 2 aromatic heterocycles. The fourth-order valence-corrected chi connectivity index (χ4v) is 5.03. The SMILES string of the molecule is Cc1ccc(C(=O)N2[C@H]3CC[C@H]2CC(Nc2c(C(N)=O)cnc4[nH]ccc24)C3)cc1. The molecule has 3 aromatic rings. The second kappa shape index (κ2) is 7.16. The van der Waals surface area contributed by atoms with Crippen LogP contribution in [-0.4, -0.2) is 44.8 Å². The molecule has 7 nitrogen and oxygen atoms in total. The third kappa shape index (κ3) is 3.10. The van der Waals surface area contributed by atoms with Gasteiger partial charge in [-0.25, -0.2) is 4.98 Å². The third-order valence-electron chi connectivity index (χ3n) is 6.47. The van der Waals surface area contributed by atoms with Gasteiger partial charge in [0.25, 0.3) is 11.8 Å². The summed E-state index contributed by atoms with van der Waals surface area (Å²) in [7, 11) is 0. The maximum atomic E-state index is 13.2. The maximum Gasteiger partial charge on any atom is 0.254 e. The van der Waals surface area contributed by atoms with E-state index in [9.17, 15) is 9.59 Å². The predicted octanol–water partition coefficient (Wildman–Crippen LogP) is 3.22. The second-order valence-corrected chi connectivity index (χ2v) is 8.43. The van der Waals surface area contributed by atoms with Crippen molar-refractivity contribution < 1.29 is 9.59 Å². The number of fused-ring (bicyclic) bond motifs is 3. The van der Waals surface area contributed by atoms with Crippen molar-refractivity contribution in [2.24, 2.45) is 5.73 Å². The van der Waals surface area contributed by atoms with Gasteiger partial charge in [0.2, 0.25) is 0 Å². The van der Waals surface area contributed by atoms with Crippen LogP contribution in [0.25, 0.3) is 11.0 Å². The van der Waals surface area contributed by atoms with Crippen LogP contribution in [-0.2, 0) is 0 Å². The number of nitrogens with zero attached hydrogens (tertiary/aromatic N) is 2. The van der Waals surface area contributed by atoms with Crippen LogP contribution >= 0.6 is 0 Å². The molecule has 2 bridgehead atoms. The summed E-state index contributed by atoms with van der Waals surface area (Å²) in [5, 5.41) is 4.43. The number of amides is 2. The number of carbonyl (C=O) groups is 2. The highest BCUT2D eigenvalue weighted by Gasteiger charge is 2.43. The number of primary amides is 1. The van der Waals surface area contributed by atoms with Crippen molar-refractivity contribution in [3.8, 4) is 0 Å².